The van der Waals surface area contributed by atoms with Gasteiger partial charge in [0.15, 0.2) is 0 Å². The van der Waals surface area contributed by atoms with Gasteiger partial charge < -0.3 is 9.47 Å². The van der Waals surface area contributed by atoms with Gasteiger partial charge in [0.25, 0.3) is 0 Å². The van der Waals surface area contributed by atoms with Crippen molar-refractivity contribution in [3.63, 3.8) is 0 Å². The van der Waals surface area contributed by atoms with Crippen LogP contribution in [-0.4, -0.2) is 20.2 Å². The fourth-order valence-electron chi connectivity index (χ4n) is 1.14. The molecule has 0 aromatic heterocycles. The smallest absolute Gasteiger partial charge is 0.348 e. The van der Waals surface area contributed by atoms with Gasteiger partial charge in [-0.25, -0.2) is 4.79 Å². The van der Waals surface area contributed by atoms with Gasteiger partial charge in [-0.05, 0) is 23.8 Å². The fourth-order valence-corrected chi connectivity index (χ4v) is 1.14. The second-order valence-electron chi connectivity index (χ2n) is 2.94. The average Bonchev–Trinajstić information content (AvgIpc) is 2.35. The van der Waals surface area contributed by atoms with Crippen LogP contribution in [-0.2, 0) is 9.53 Å². The molecule has 1 aromatic carbocycles. The first-order chi connectivity index (χ1) is 7.71. The number of hydrogen-bond acceptors (Lipinski definition) is 4. The van der Waals surface area contributed by atoms with Crippen molar-refractivity contribution in [3.8, 4) is 11.8 Å². The molecule has 0 radical (unpaired) electrons. The van der Waals surface area contributed by atoms with E-state index in [4.69, 9.17) is 10.00 Å². The quantitative estimate of drug-likeness (QED) is 0.440. The fraction of sp³-hybridized carbons (Fsp3) is 0.167. The zero-order chi connectivity index (χ0) is 12.0. The van der Waals surface area contributed by atoms with Gasteiger partial charge in [0.05, 0.1) is 14.2 Å². The van der Waals surface area contributed by atoms with Gasteiger partial charge in [-0.1, -0.05) is 12.1 Å². The second kappa shape index (κ2) is 5.56. The standard InChI is InChI=1S/C12H11NO3/c1-15-11-5-3-4-9(7-11)6-10(8-13)12(14)16-2/h3-7H,1-2H3. The molecule has 0 atom stereocenters. The topological polar surface area (TPSA) is 59.3 Å². The third-order valence-electron chi connectivity index (χ3n) is 1.93. The Bertz CT molecular complexity index is 458. The highest BCUT2D eigenvalue weighted by Gasteiger charge is 2.08. The van der Waals surface area contributed by atoms with Crippen LogP contribution in [0.15, 0.2) is 29.8 Å². The van der Waals surface area contributed by atoms with Crippen LogP contribution in [0.1, 0.15) is 5.56 Å². The molecule has 16 heavy (non-hydrogen) atoms. The third-order valence-corrected chi connectivity index (χ3v) is 1.93. The van der Waals surface area contributed by atoms with Gasteiger partial charge in [0.2, 0.25) is 0 Å². The lowest BCUT2D eigenvalue weighted by molar-refractivity contribution is -0.135. The molecule has 0 saturated carbocycles. The molecular formula is C12H11NO3. The molecule has 82 valence electrons. The Labute approximate surface area is 93.7 Å². The molecule has 1 rings (SSSR count). The maximum atomic E-state index is 11.2. The van der Waals surface area contributed by atoms with E-state index >= 15 is 0 Å². The summed E-state index contributed by atoms with van der Waals surface area (Å²) >= 11 is 0. The average molecular weight is 217 g/mol. The number of methoxy groups -OCH3 is 2. The van der Waals surface area contributed by atoms with Gasteiger partial charge in [-0.3, -0.25) is 0 Å². The lowest BCUT2D eigenvalue weighted by Crippen LogP contribution is -2.02. The van der Waals surface area contributed by atoms with Crippen molar-refractivity contribution in [1.82, 2.24) is 0 Å². The highest BCUT2D eigenvalue weighted by Crippen LogP contribution is 2.15. The van der Waals surface area contributed by atoms with Crippen LogP contribution < -0.4 is 4.74 Å². The van der Waals surface area contributed by atoms with Crippen molar-refractivity contribution in [2.45, 2.75) is 0 Å². The number of esters is 1. The molecule has 0 heterocycles. The summed E-state index contributed by atoms with van der Waals surface area (Å²) in [5, 5.41) is 8.76. The Balaban J connectivity index is 3.05. The Morgan fingerprint density at radius 2 is 2.19 bits per heavy atom. The summed E-state index contributed by atoms with van der Waals surface area (Å²) in [5.74, 6) is 0.0150. The molecule has 0 aliphatic rings. The van der Waals surface area contributed by atoms with Crippen molar-refractivity contribution in [2.24, 2.45) is 0 Å². The van der Waals surface area contributed by atoms with E-state index in [1.807, 2.05) is 0 Å². The molecule has 0 aliphatic heterocycles. The van der Waals surface area contributed by atoms with Crippen LogP contribution in [0.4, 0.5) is 0 Å². The van der Waals surface area contributed by atoms with Crippen LogP contribution in [0.2, 0.25) is 0 Å². The molecular weight excluding hydrogens is 206 g/mol. The maximum Gasteiger partial charge on any atom is 0.348 e. The predicted octanol–water partition coefficient (Wildman–Crippen LogP) is 1.78. The number of carbonyl (C=O) groups excluding carboxylic acids is 1. The summed E-state index contributed by atoms with van der Waals surface area (Å²) in [7, 11) is 2.79. The van der Waals surface area contributed by atoms with Crippen molar-refractivity contribution >= 4 is 12.0 Å². The van der Waals surface area contributed by atoms with E-state index in [1.54, 1.807) is 37.4 Å². The van der Waals surface area contributed by atoms with E-state index in [1.165, 1.54) is 13.2 Å². The lowest BCUT2D eigenvalue weighted by atomic mass is 10.1. The Morgan fingerprint density at radius 3 is 2.75 bits per heavy atom. The van der Waals surface area contributed by atoms with E-state index in [2.05, 4.69) is 4.74 Å². The van der Waals surface area contributed by atoms with Crippen LogP contribution in [0.25, 0.3) is 6.08 Å². The summed E-state index contributed by atoms with van der Waals surface area (Å²) in [6.45, 7) is 0. The van der Waals surface area contributed by atoms with E-state index in [0.717, 1.165) is 0 Å². The van der Waals surface area contributed by atoms with Crippen LogP contribution in [0, 0.1) is 11.3 Å². The van der Waals surface area contributed by atoms with Gasteiger partial charge in [-0.15, -0.1) is 0 Å². The van der Waals surface area contributed by atoms with Gasteiger partial charge in [-0.2, -0.15) is 5.26 Å². The summed E-state index contributed by atoms with van der Waals surface area (Å²) < 4.78 is 9.50. The largest absolute Gasteiger partial charge is 0.497 e. The Kier molecular flexibility index (Phi) is 4.10. The van der Waals surface area contributed by atoms with Crippen LogP contribution in [0.5, 0.6) is 5.75 Å². The molecule has 0 spiro atoms. The number of benzene rings is 1. The van der Waals surface area contributed by atoms with Crippen molar-refractivity contribution in [3.05, 3.63) is 35.4 Å². The first kappa shape index (κ1) is 11.8. The normalized spacial score (nSPS) is 10.4. The zero-order valence-electron chi connectivity index (χ0n) is 9.06. The van der Waals surface area contributed by atoms with Gasteiger partial charge in [0.1, 0.15) is 17.4 Å². The zero-order valence-corrected chi connectivity index (χ0v) is 9.06. The molecule has 1 aromatic rings. The van der Waals surface area contributed by atoms with Crippen LogP contribution >= 0.6 is 0 Å². The molecule has 0 amide bonds. The molecule has 0 unspecified atom stereocenters. The number of ether oxygens (including phenoxy) is 2. The van der Waals surface area contributed by atoms with Crippen molar-refractivity contribution in [1.29, 1.82) is 5.26 Å². The van der Waals surface area contributed by atoms with Crippen molar-refractivity contribution < 1.29 is 14.3 Å². The first-order valence-corrected chi connectivity index (χ1v) is 4.55. The minimum absolute atomic E-state index is 0.0456. The van der Waals surface area contributed by atoms with E-state index in [-0.39, 0.29) is 5.57 Å². The minimum atomic E-state index is -0.648. The predicted molar refractivity (Wildman–Crippen MR) is 58.6 cm³/mol. The molecule has 0 bridgehead atoms. The number of hydrogen-bond donors (Lipinski definition) is 0. The molecule has 4 nitrogen and oxygen atoms in total. The number of nitrogens with zero attached hydrogens (tertiary/aromatic N) is 1. The van der Waals surface area contributed by atoms with E-state index in [9.17, 15) is 4.79 Å². The Morgan fingerprint density at radius 1 is 1.44 bits per heavy atom. The molecule has 0 fully saturated rings. The monoisotopic (exact) mass is 217 g/mol. The molecule has 0 N–H and O–H groups in total. The molecule has 4 heteroatoms. The number of rotatable bonds is 3. The number of carbonyl (C=O) groups is 1. The maximum absolute atomic E-state index is 11.2. The first-order valence-electron chi connectivity index (χ1n) is 4.55. The highest BCUT2D eigenvalue weighted by molar-refractivity contribution is 5.97. The Hall–Kier alpha value is -2.28. The second-order valence-corrected chi connectivity index (χ2v) is 2.94. The number of nitriles is 1. The summed E-state index contributed by atoms with van der Waals surface area (Å²) in [5.41, 5.74) is 0.664. The summed E-state index contributed by atoms with van der Waals surface area (Å²) in [4.78, 5) is 11.2. The third kappa shape index (κ3) is 2.85. The van der Waals surface area contributed by atoms with E-state index < -0.39 is 5.97 Å². The van der Waals surface area contributed by atoms with Crippen LogP contribution in [0.3, 0.4) is 0 Å². The lowest BCUT2D eigenvalue weighted by Gasteiger charge is -2.01. The summed E-state index contributed by atoms with van der Waals surface area (Å²) in [6.07, 6.45) is 1.45. The van der Waals surface area contributed by atoms with E-state index in [0.29, 0.717) is 11.3 Å². The molecule has 0 saturated heterocycles. The molecule has 0 aliphatic carbocycles. The SMILES string of the molecule is COC(=O)C(C#N)=Cc1cccc(OC)c1. The van der Waals surface area contributed by atoms with Gasteiger partial charge in [0, 0.05) is 0 Å². The van der Waals surface area contributed by atoms with Gasteiger partial charge >= 0.3 is 5.97 Å². The minimum Gasteiger partial charge on any atom is -0.497 e. The summed E-state index contributed by atoms with van der Waals surface area (Å²) in [6, 6.07) is 8.83. The highest BCUT2D eigenvalue weighted by atomic mass is 16.5. The van der Waals surface area contributed by atoms with Crippen molar-refractivity contribution in [2.75, 3.05) is 14.2 Å².